The lowest BCUT2D eigenvalue weighted by Crippen LogP contribution is -2.18. The molecule has 0 atom stereocenters. The highest BCUT2D eigenvalue weighted by Gasteiger charge is 2.14. The lowest BCUT2D eigenvalue weighted by molar-refractivity contribution is 0.0649. The fraction of sp³-hybridized carbons (Fsp3) is 0.304. The minimum Gasteiger partial charge on any atom is -0.457 e. The van der Waals surface area contributed by atoms with E-state index in [4.69, 9.17) is 14.5 Å². The summed E-state index contributed by atoms with van der Waals surface area (Å²) in [5.74, 6) is 2.39. The van der Waals surface area contributed by atoms with E-state index in [0.29, 0.717) is 0 Å². The van der Waals surface area contributed by atoms with Crippen LogP contribution < -0.4 is 10.1 Å². The Morgan fingerprint density at radius 1 is 1.07 bits per heavy atom. The summed E-state index contributed by atoms with van der Waals surface area (Å²) in [5, 5.41) is 5.47. The summed E-state index contributed by atoms with van der Waals surface area (Å²) >= 11 is 1.67. The molecule has 0 bridgehead atoms. The van der Waals surface area contributed by atoms with E-state index in [-0.39, 0.29) is 0 Å². The molecular formula is C23H23N3O2S. The number of anilines is 1. The van der Waals surface area contributed by atoms with Crippen LogP contribution in [0, 0.1) is 5.92 Å². The highest BCUT2D eigenvalue weighted by Crippen LogP contribution is 2.33. The van der Waals surface area contributed by atoms with E-state index in [9.17, 15) is 0 Å². The van der Waals surface area contributed by atoms with E-state index < -0.39 is 0 Å². The molecule has 1 aliphatic heterocycles. The quantitative estimate of drug-likeness (QED) is 0.435. The number of hydrogen-bond donors (Lipinski definition) is 1. The lowest BCUT2D eigenvalue weighted by Gasteiger charge is -2.21. The van der Waals surface area contributed by atoms with Crippen LogP contribution in [0.3, 0.4) is 0 Å². The molecule has 1 N–H and O–H groups in total. The topological polar surface area (TPSA) is 56.3 Å². The second-order valence-electron chi connectivity index (χ2n) is 7.35. The molecule has 0 saturated carbocycles. The van der Waals surface area contributed by atoms with Gasteiger partial charge < -0.3 is 14.8 Å². The molecule has 1 saturated heterocycles. The number of para-hydroxylation sites is 1. The van der Waals surface area contributed by atoms with Crippen LogP contribution in [0.25, 0.3) is 21.1 Å². The molecule has 148 valence electrons. The lowest BCUT2D eigenvalue weighted by atomic mass is 9.97. The van der Waals surface area contributed by atoms with Gasteiger partial charge in [0.15, 0.2) is 5.13 Å². The summed E-state index contributed by atoms with van der Waals surface area (Å²) in [4.78, 5) is 9.11. The Labute approximate surface area is 173 Å². The van der Waals surface area contributed by atoms with Crippen molar-refractivity contribution in [2.75, 3.05) is 25.1 Å². The van der Waals surface area contributed by atoms with E-state index in [1.54, 1.807) is 17.5 Å². The predicted octanol–water partition coefficient (Wildman–Crippen LogP) is 5.87. The molecule has 0 radical (unpaired) electrons. The SMILES string of the molecule is c1ccc2c(Oc3ccc4nc(NCCC5CCOCC5)sc4c3)ccnc2c1. The van der Waals surface area contributed by atoms with Crippen LogP contribution in [0.4, 0.5) is 5.13 Å². The van der Waals surface area contributed by atoms with Crippen molar-refractivity contribution in [3.05, 3.63) is 54.7 Å². The second-order valence-corrected chi connectivity index (χ2v) is 8.38. The van der Waals surface area contributed by atoms with Crippen LogP contribution >= 0.6 is 11.3 Å². The Morgan fingerprint density at radius 2 is 1.97 bits per heavy atom. The zero-order valence-corrected chi connectivity index (χ0v) is 17.0. The molecule has 2 aromatic heterocycles. The fourth-order valence-corrected chi connectivity index (χ4v) is 4.67. The summed E-state index contributed by atoms with van der Waals surface area (Å²) in [6.45, 7) is 2.76. The number of nitrogens with zero attached hydrogens (tertiary/aromatic N) is 2. The van der Waals surface area contributed by atoms with Gasteiger partial charge >= 0.3 is 0 Å². The predicted molar refractivity (Wildman–Crippen MR) is 118 cm³/mol. The van der Waals surface area contributed by atoms with Gasteiger partial charge in [0.25, 0.3) is 0 Å². The molecule has 29 heavy (non-hydrogen) atoms. The molecule has 4 aromatic rings. The standard InChI is InChI=1S/C23H23N3O2S/c1-2-4-19-18(3-1)21(8-12-24-19)28-17-5-6-20-22(15-17)29-23(26-20)25-11-7-16-9-13-27-14-10-16/h1-6,8,12,15-16H,7,9-11,13-14H2,(H,25,26). The Bertz CT molecular complexity index is 1120. The average molecular weight is 406 g/mol. The number of nitrogens with one attached hydrogen (secondary N) is 1. The Balaban J connectivity index is 1.29. The van der Waals surface area contributed by atoms with Crippen molar-refractivity contribution in [1.29, 1.82) is 0 Å². The maximum Gasteiger partial charge on any atom is 0.183 e. The zero-order chi connectivity index (χ0) is 19.5. The molecule has 5 nitrogen and oxygen atoms in total. The van der Waals surface area contributed by atoms with Crippen molar-refractivity contribution >= 4 is 37.6 Å². The molecule has 1 fully saturated rings. The van der Waals surface area contributed by atoms with Gasteiger partial charge in [-0.15, -0.1) is 0 Å². The molecule has 6 heteroatoms. The molecule has 0 amide bonds. The number of hydrogen-bond acceptors (Lipinski definition) is 6. The molecule has 2 aromatic carbocycles. The summed E-state index contributed by atoms with van der Waals surface area (Å²) in [6, 6.07) is 16.0. The van der Waals surface area contributed by atoms with Gasteiger partial charge in [0.05, 0.1) is 15.7 Å². The van der Waals surface area contributed by atoms with Gasteiger partial charge in [0.2, 0.25) is 0 Å². The number of thiazole rings is 1. The number of aromatic nitrogens is 2. The Hall–Kier alpha value is -2.70. The number of benzene rings is 2. The fourth-order valence-electron chi connectivity index (χ4n) is 3.75. The summed E-state index contributed by atoms with van der Waals surface area (Å²) in [5.41, 5.74) is 1.93. The van der Waals surface area contributed by atoms with Crippen LogP contribution in [0.5, 0.6) is 11.5 Å². The van der Waals surface area contributed by atoms with E-state index >= 15 is 0 Å². The molecule has 0 spiro atoms. The highest BCUT2D eigenvalue weighted by atomic mass is 32.1. The third-order valence-corrected chi connectivity index (χ3v) is 6.34. The van der Waals surface area contributed by atoms with Gasteiger partial charge in [-0.2, -0.15) is 0 Å². The van der Waals surface area contributed by atoms with Crippen molar-refractivity contribution in [3.63, 3.8) is 0 Å². The first-order valence-corrected chi connectivity index (χ1v) is 10.9. The van der Waals surface area contributed by atoms with Crippen LogP contribution in [0.1, 0.15) is 19.3 Å². The van der Waals surface area contributed by atoms with Crippen LogP contribution in [-0.2, 0) is 4.74 Å². The van der Waals surface area contributed by atoms with Gasteiger partial charge in [-0.1, -0.05) is 23.5 Å². The van der Waals surface area contributed by atoms with Crippen LogP contribution in [0.15, 0.2) is 54.7 Å². The van der Waals surface area contributed by atoms with Gasteiger partial charge in [0, 0.05) is 37.4 Å². The normalized spacial score (nSPS) is 15.0. The van der Waals surface area contributed by atoms with E-state index in [1.165, 1.54) is 19.3 Å². The Morgan fingerprint density at radius 3 is 2.90 bits per heavy atom. The van der Waals surface area contributed by atoms with Crippen LogP contribution in [0.2, 0.25) is 0 Å². The molecule has 1 aliphatic rings. The number of ether oxygens (including phenoxy) is 2. The molecule has 0 unspecified atom stereocenters. The highest BCUT2D eigenvalue weighted by molar-refractivity contribution is 7.22. The molecular weight excluding hydrogens is 382 g/mol. The smallest absolute Gasteiger partial charge is 0.183 e. The first kappa shape index (κ1) is 18.3. The van der Waals surface area contributed by atoms with E-state index in [1.807, 2.05) is 42.5 Å². The summed E-state index contributed by atoms with van der Waals surface area (Å²) < 4.78 is 12.7. The van der Waals surface area contributed by atoms with E-state index in [0.717, 1.165) is 63.4 Å². The first-order chi connectivity index (χ1) is 14.3. The van der Waals surface area contributed by atoms with Gasteiger partial charge in [0.1, 0.15) is 11.5 Å². The number of fused-ring (bicyclic) bond motifs is 2. The van der Waals surface area contributed by atoms with Gasteiger partial charge in [-0.05, 0) is 55.5 Å². The van der Waals surface area contributed by atoms with Crippen molar-refractivity contribution in [3.8, 4) is 11.5 Å². The van der Waals surface area contributed by atoms with E-state index in [2.05, 4.69) is 16.4 Å². The zero-order valence-electron chi connectivity index (χ0n) is 16.1. The summed E-state index contributed by atoms with van der Waals surface area (Å²) in [6.07, 6.45) is 5.30. The maximum atomic E-state index is 6.18. The van der Waals surface area contributed by atoms with Crippen molar-refractivity contribution in [2.24, 2.45) is 5.92 Å². The van der Waals surface area contributed by atoms with Crippen molar-refractivity contribution in [1.82, 2.24) is 9.97 Å². The van der Waals surface area contributed by atoms with Crippen molar-refractivity contribution in [2.45, 2.75) is 19.3 Å². The van der Waals surface area contributed by atoms with Gasteiger partial charge in [-0.3, -0.25) is 4.98 Å². The summed E-state index contributed by atoms with van der Waals surface area (Å²) in [7, 11) is 0. The molecule has 5 rings (SSSR count). The number of pyridine rings is 1. The van der Waals surface area contributed by atoms with Crippen LogP contribution in [-0.4, -0.2) is 29.7 Å². The monoisotopic (exact) mass is 405 g/mol. The second kappa shape index (κ2) is 8.35. The minimum absolute atomic E-state index is 0.765. The Kier molecular flexibility index (Phi) is 5.28. The maximum absolute atomic E-state index is 6.18. The third-order valence-electron chi connectivity index (χ3n) is 5.37. The van der Waals surface area contributed by atoms with Crippen molar-refractivity contribution < 1.29 is 9.47 Å². The number of rotatable bonds is 6. The molecule has 3 heterocycles. The largest absolute Gasteiger partial charge is 0.457 e. The third kappa shape index (κ3) is 4.18. The van der Waals surface area contributed by atoms with Gasteiger partial charge in [-0.25, -0.2) is 4.98 Å². The average Bonchev–Trinajstić information content (AvgIpc) is 3.17. The molecule has 0 aliphatic carbocycles. The first-order valence-electron chi connectivity index (χ1n) is 10.1. The minimum atomic E-state index is 0.765.